The number of halogens is 3. The number of aliphatic hydroxyl groups is 1. The molecule has 0 aliphatic carbocycles. The zero-order valence-electron chi connectivity index (χ0n) is 8.88. The van der Waals surface area contributed by atoms with Gasteiger partial charge in [0.1, 0.15) is 23.4 Å². The minimum atomic E-state index is -0.693. The highest BCUT2D eigenvalue weighted by atomic mass is 79.9. The van der Waals surface area contributed by atoms with E-state index >= 15 is 0 Å². The highest BCUT2D eigenvalue weighted by Gasteiger charge is 2.15. The minimum Gasteiger partial charge on any atom is -0.458 e. The van der Waals surface area contributed by atoms with Crippen molar-refractivity contribution in [2.75, 3.05) is 0 Å². The lowest BCUT2D eigenvalue weighted by Gasteiger charge is -2.05. The van der Waals surface area contributed by atoms with Crippen LogP contribution in [-0.4, -0.2) is 5.11 Å². The first-order chi connectivity index (χ1) is 7.99. The third-order valence-corrected chi connectivity index (χ3v) is 3.22. The summed E-state index contributed by atoms with van der Waals surface area (Å²) in [5.41, 5.74) is 0.569. The Balaban J connectivity index is 2.52. The van der Waals surface area contributed by atoms with Gasteiger partial charge in [0, 0.05) is 4.47 Å². The molecule has 0 aliphatic heterocycles. The standard InChI is InChI=1S/C12H9BrClFO2/c1-6(16)10-2-3-11(17-10)12-8(13)4-7(15)5-9(12)14/h2-6,16H,1H3. The number of rotatable bonds is 2. The molecule has 0 saturated carbocycles. The average Bonchev–Trinajstić information content (AvgIpc) is 2.65. The lowest BCUT2D eigenvalue weighted by molar-refractivity contribution is 0.170. The highest BCUT2D eigenvalue weighted by molar-refractivity contribution is 9.10. The van der Waals surface area contributed by atoms with Crippen LogP contribution >= 0.6 is 27.5 Å². The number of hydrogen-bond acceptors (Lipinski definition) is 2. The number of benzene rings is 1. The summed E-state index contributed by atoms with van der Waals surface area (Å²) in [5.74, 6) is 0.498. The average molecular weight is 320 g/mol. The molecule has 0 amide bonds. The van der Waals surface area contributed by atoms with E-state index in [1.807, 2.05) is 0 Å². The summed E-state index contributed by atoms with van der Waals surface area (Å²) in [6.07, 6.45) is -0.693. The molecule has 5 heteroatoms. The van der Waals surface area contributed by atoms with Gasteiger partial charge in [-0.15, -0.1) is 0 Å². The van der Waals surface area contributed by atoms with Crippen LogP contribution in [0.4, 0.5) is 4.39 Å². The van der Waals surface area contributed by atoms with Gasteiger partial charge in [-0.2, -0.15) is 0 Å². The number of hydrogen-bond donors (Lipinski definition) is 1. The molecule has 0 aliphatic rings. The van der Waals surface area contributed by atoms with Gasteiger partial charge in [-0.1, -0.05) is 11.6 Å². The van der Waals surface area contributed by atoms with Gasteiger partial charge in [0.25, 0.3) is 0 Å². The zero-order chi connectivity index (χ0) is 12.6. The summed E-state index contributed by atoms with van der Waals surface area (Å²) in [7, 11) is 0. The van der Waals surface area contributed by atoms with Crippen molar-refractivity contribution in [2.45, 2.75) is 13.0 Å². The van der Waals surface area contributed by atoms with Crippen LogP contribution in [0.15, 0.2) is 33.2 Å². The summed E-state index contributed by atoms with van der Waals surface area (Å²) in [6.45, 7) is 1.60. The summed E-state index contributed by atoms with van der Waals surface area (Å²) in [5, 5.41) is 9.62. The Bertz CT molecular complexity index is 528. The van der Waals surface area contributed by atoms with Gasteiger partial charge in [-0.3, -0.25) is 0 Å². The van der Waals surface area contributed by atoms with Crippen LogP contribution in [-0.2, 0) is 0 Å². The Morgan fingerprint density at radius 1 is 1.41 bits per heavy atom. The van der Waals surface area contributed by atoms with Crippen LogP contribution < -0.4 is 0 Å². The van der Waals surface area contributed by atoms with Crippen LogP contribution in [0, 0.1) is 5.82 Å². The Labute approximate surface area is 111 Å². The smallest absolute Gasteiger partial charge is 0.137 e. The maximum atomic E-state index is 13.1. The molecular weight excluding hydrogens is 310 g/mol. The largest absolute Gasteiger partial charge is 0.458 e. The van der Waals surface area contributed by atoms with E-state index < -0.39 is 11.9 Å². The number of aliphatic hydroxyl groups excluding tert-OH is 1. The van der Waals surface area contributed by atoms with Crippen molar-refractivity contribution in [2.24, 2.45) is 0 Å². The molecule has 0 fully saturated rings. The van der Waals surface area contributed by atoms with Crippen LogP contribution in [0.1, 0.15) is 18.8 Å². The van der Waals surface area contributed by atoms with Gasteiger partial charge in [-0.25, -0.2) is 4.39 Å². The Hall–Kier alpha value is -0.840. The van der Waals surface area contributed by atoms with E-state index in [1.165, 1.54) is 12.1 Å². The fourth-order valence-corrected chi connectivity index (χ4v) is 2.53. The molecule has 1 aromatic heterocycles. The maximum absolute atomic E-state index is 13.1. The first-order valence-corrected chi connectivity index (χ1v) is 6.09. The second-order valence-corrected chi connectivity index (χ2v) is 4.88. The van der Waals surface area contributed by atoms with E-state index in [9.17, 15) is 9.50 Å². The third-order valence-electron chi connectivity index (χ3n) is 2.29. The molecule has 0 saturated heterocycles. The first kappa shape index (κ1) is 12.6. The molecule has 1 atom stereocenters. The van der Waals surface area contributed by atoms with Gasteiger partial charge in [0.15, 0.2) is 0 Å². The normalized spacial score (nSPS) is 12.8. The lowest BCUT2D eigenvalue weighted by atomic mass is 10.2. The van der Waals surface area contributed by atoms with Gasteiger partial charge >= 0.3 is 0 Å². The monoisotopic (exact) mass is 318 g/mol. The molecule has 0 spiro atoms. The van der Waals surface area contributed by atoms with Gasteiger partial charge in [0.05, 0.1) is 10.6 Å². The predicted octanol–water partition coefficient (Wildman–Crippen LogP) is 4.55. The molecule has 1 unspecified atom stereocenters. The summed E-state index contributed by atoms with van der Waals surface area (Å²) in [4.78, 5) is 0. The van der Waals surface area contributed by atoms with E-state index in [0.717, 1.165) is 0 Å². The molecule has 2 nitrogen and oxygen atoms in total. The third kappa shape index (κ3) is 2.54. The topological polar surface area (TPSA) is 33.4 Å². The molecule has 2 rings (SSSR count). The second kappa shape index (κ2) is 4.80. The number of furan rings is 1. The summed E-state index contributed by atoms with van der Waals surface area (Å²) < 4.78 is 19.0. The van der Waals surface area contributed by atoms with Crippen molar-refractivity contribution >= 4 is 27.5 Å². The minimum absolute atomic E-state index is 0.253. The van der Waals surface area contributed by atoms with Crippen LogP contribution in [0.2, 0.25) is 5.02 Å². The second-order valence-electron chi connectivity index (χ2n) is 3.62. The molecule has 2 aromatic rings. The summed E-state index contributed by atoms with van der Waals surface area (Å²) in [6, 6.07) is 5.87. The van der Waals surface area contributed by atoms with Gasteiger partial charge in [0.2, 0.25) is 0 Å². The molecule has 0 bridgehead atoms. The molecule has 17 heavy (non-hydrogen) atoms. The van der Waals surface area contributed by atoms with Crippen molar-refractivity contribution in [3.05, 3.63) is 45.3 Å². The highest BCUT2D eigenvalue weighted by Crippen LogP contribution is 2.37. The van der Waals surface area contributed by atoms with E-state index in [0.29, 0.717) is 21.6 Å². The zero-order valence-corrected chi connectivity index (χ0v) is 11.2. The molecule has 90 valence electrons. The van der Waals surface area contributed by atoms with Crippen LogP contribution in [0.3, 0.4) is 0 Å². The molecule has 1 N–H and O–H groups in total. The first-order valence-electron chi connectivity index (χ1n) is 4.91. The Morgan fingerprint density at radius 2 is 2.12 bits per heavy atom. The Kier molecular flexibility index (Phi) is 3.56. The SMILES string of the molecule is CC(O)c1ccc(-c2c(Cl)cc(F)cc2Br)o1. The van der Waals surface area contributed by atoms with Crippen molar-refractivity contribution in [3.8, 4) is 11.3 Å². The van der Waals surface area contributed by atoms with Crippen molar-refractivity contribution < 1.29 is 13.9 Å². The molecule has 1 heterocycles. The predicted molar refractivity (Wildman–Crippen MR) is 67.4 cm³/mol. The lowest BCUT2D eigenvalue weighted by Crippen LogP contribution is -1.86. The van der Waals surface area contributed by atoms with Crippen molar-refractivity contribution in [3.63, 3.8) is 0 Å². The van der Waals surface area contributed by atoms with Crippen molar-refractivity contribution in [1.29, 1.82) is 0 Å². The van der Waals surface area contributed by atoms with Crippen LogP contribution in [0.25, 0.3) is 11.3 Å². The quantitative estimate of drug-likeness (QED) is 0.880. The van der Waals surface area contributed by atoms with E-state index in [-0.39, 0.29) is 5.02 Å². The molecule has 0 radical (unpaired) electrons. The fraction of sp³-hybridized carbons (Fsp3) is 0.167. The summed E-state index contributed by atoms with van der Waals surface area (Å²) >= 11 is 9.20. The van der Waals surface area contributed by atoms with Crippen molar-refractivity contribution in [1.82, 2.24) is 0 Å². The molecule has 1 aromatic carbocycles. The van der Waals surface area contributed by atoms with Crippen LogP contribution in [0.5, 0.6) is 0 Å². The van der Waals surface area contributed by atoms with Gasteiger partial charge in [-0.05, 0) is 47.1 Å². The Morgan fingerprint density at radius 3 is 2.65 bits per heavy atom. The van der Waals surface area contributed by atoms with E-state index in [1.54, 1.807) is 19.1 Å². The maximum Gasteiger partial charge on any atom is 0.137 e. The van der Waals surface area contributed by atoms with Gasteiger partial charge < -0.3 is 9.52 Å². The van der Waals surface area contributed by atoms with E-state index in [4.69, 9.17) is 16.0 Å². The molecular formula is C12H9BrClFO2. The fourth-order valence-electron chi connectivity index (χ4n) is 1.49. The van der Waals surface area contributed by atoms with E-state index in [2.05, 4.69) is 15.9 Å².